The zero-order valence-electron chi connectivity index (χ0n) is 8.82. The molecule has 0 aliphatic heterocycles. The van der Waals surface area contributed by atoms with Crippen LogP contribution < -0.4 is 5.32 Å². The van der Waals surface area contributed by atoms with E-state index in [0.717, 1.165) is 16.0 Å². The summed E-state index contributed by atoms with van der Waals surface area (Å²) < 4.78 is 1.03. The Morgan fingerprint density at radius 3 is 2.73 bits per heavy atom. The van der Waals surface area contributed by atoms with Gasteiger partial charge in [0.15, 0.2) is 0 Å². The SMILES string of the molecule is CC1(NCc2ccc(Br)cc2Cl)CCC1. The molecule has 0 radical (unpaired) electrons. The van der Waals surface area contributed by atoms with Crippen molar-refractivity contribution in [1.82, 2.24) is 5.32 Å². The van der Waals surface area contributed by atoms with Gasteiger partial charge in [-0.2, -0.15) is 0 Å². The normalized spacial score (nSPS) is 18.6. The van der Waals surface area contributed by atoms with Crippen LogP contribution >= 0.6 is 27.5 Å². The lowest BCUT2D eigenvalue weighted by molar-refractivity contribution is 0.207. The minimum atomic E-state index is 0.344. The summed E-state index contributed by atoms with van der Waals surface area (Å²) >= 11 is 9.56. The van der Waals surface area contributed by atoms with Crippen LogP contribution in [0.25, 0.3) is 0 Å². The van der Waals surface area contributed by atoms with E-state index >= 15 is 0 Å². The van der Waals surface area contributed by atoms with Crippen LogP contribution in [0.3, 0.4) is 0 Å². The van der Waals surface area contributed by atoms with E-state index in [1.165, 1.54) is 24.8 Å². The molecule has 0 amide bonds. The molecule has 0 unspecified atom stereocenters. The fraction of sp³-hybridized carbons (Fsp3) is 0.500. The first-order valence-electron chi connectivity index (χ1n) is 5.28. The van der Waals surface area contributed by atoms with Crippen molar-refractivity contribution in [1.29, 1.82) is 0 Å². The standard InChI is InChI=1S/C12H15BrClN/c1-12(5-2-6-12)15-8-9-3-4-10(13)7-11(9)14/h3-4,7,15H,2,5-6,8H2,1H3. The van der Waals surface area contributed by atoms with Gasteiger partial charge in [-0.3, -0.25) is 0 Å². The van der Waals surface area contributed by atoms with Gasteiger partial charge < -0.3 is 5.32 Å². The quantitative estimate of drug-likeness (QED) is 0.881. The maximum Gasteiger partial charge on any atom is 0.0462 e. The van der Waals surface area contributed by atoms with Crippen molar-refractivity contribution >= 4 is 27.5 Å². The van der Waals surface area contributed by atoms with Crippen LogP contribution in [-0.4, -0.2) is 5.54 Å². The zero-order chi connectivity index (χ0) is 10.9. The van der Waals surface area contributed by atoms with Gasteiger partial charge in [-0.25, -0.2) is 0 Å². The highest BCUT2D eigenvalue weighted by Crippen LogP contribution is 2.31. The molecule has 3 heteroatoms. The van der Waals surface area contributed by atoms with Crippen LogP contribution in [0, 0.1) is 0 Å². The summed E-state index contributed by atoms with van der Waals surface area (Å²) in [5.74, 6) is 0. The van der Waals surface area contributed by atoms with Crippen LogP contribution in [0.5, 0.6) is 0 Å². The molecular weight excluding hydrogens is 273 g/mol. The van der Waals surface area contributed by atoms with Crippen LogP contribution in [0.4, 0.5) is 0 Å². The maximum absolute atomic E-state index is 6.15. The second kappa shape index (κ2) is 4.44. The Bertz CT molecular complexity index is 361. The van der Waals surface area contributed by atoms with E-state index in [4.69, 9.17) is 11.6 Å². The summed E-state index contributed by atoms with van der Waals surface area (Å²) in [6.45, 7) is 3.14. The molecule has 1 aromatic carbocycles. The molecule has 82 valence electrons. The van der Waals surface area contributed by atoms with E-state index in [9.17, 15) is 0 Å². The molecule has 1 aliphatic carbocycles. The number of hydrogen-bond donors (Lipinski definition) is 1. The maximum atomic E-state index is 6.15. The average Bonchev–Trinajstić information content (AvgIpc) is 2.14. The molecule has 0 saturated heterocycles. The molecule has 1 fully saturated rings. The second-order valence-electron chi connectivity index (χ2n) is 4.50. The lowest BCUT2D eigenvalue weighted by atomic mass is 9.78. The first kappa shape index (κ1) is 11.4. The predicted molar refractivity (Wildman–Crippen MR) is 68.2 cm³/mol. The Hall–Kier alpha value is -0.0500. The van der Waals surface area contributed by atoms with Crippen LogP contribution in [-0.2, 0) is 6.54 Å². The third-order valence-electron chi connectivity index (χ3n) is 3.18. The summed E-state index contributed by atoms with van der Waals surface area (Å²) in [4.78, 5) is 0. The Morgan fingerprint density at radius 2 is 2.20 bits per heavy atom. The first-order chi connectivity index (χ1) is 7.09. The summed E-state index contributed by atoms with van der Waals surface area (Å²) in [6.07, 6.45) is 3.90. The third-order valence-corrected chi connectivity index (χ3v) is 4.02. The number of hydrogen-bond acceptors (Lipinski definition) is 1. The van der Waals surface area contributed by atoms with Crippen molar-refractivity contribution in [2.75, 3.05) is 0 Å². The molecule has 0 atom stereocenters. The van der Waals surface area contributed by atoms with Crippen molar-refractivity contribution in [2.45, 2.75) is 38.3 Å². The van der Waals surface area contributed by atoms with E-state index in [0.29, 0.717) is 5.54 Å². The van der Waals surface area contributed by atoms with Crippen LogP contribution in [0.2, 0.25) is 5.02 Å². The minimum absolute atomic E-state index is 0.344. The highest BCUT2D eigenvalue weighted by molar-refractivity contribution is 9.10. The van der Waals surface area contributed by atoms with E-state index in [-0.39, 0.29) is 0 Å². The lowest BCUT2D eigenvalue weighted by Gasteiger charge is -2.39. The molecule has 0 bridgehead atoms. The van der Waals surface area contributed by atoms with E-state index in [2.05, 4.69) is 34.2 Å². The molecule has 15 heavy (non-hydrogen) atoms. The van der Waals surface area contributed by atoms with Crippen LogP contribution in [0.1, 0.15) is 31.7 Å². The number of halogens is 2. The third kappa shape index (κ3) is 2.74. The van der Waals surface area contributed by atoms with Gasteiger partial charge in [-0.1, -0.05) is 33.6 Å². The van der Waals surface area contributed by atoms with E-state index in [1.807, 2.05) is 12.1 Å². The fourth-order valence-corrected chi connectivity index (χ4v) is 2.60. The highest BCUT2D eigenvalue weighted by Gasteiger charge is 2.30. The van der Waals surface area contributed by atoms with E-state index < -0.39 is 0 Å². The molecule has 1 aromatic rings. The molecule has 1 nitrogen and oxygen atoms in total. The van der Waals surface area contributed by atoms with Gasteiger partial charge in [-0.05, 0) is 43.9 Å². The van der Waals surface area contributed by atoms with Gasteiger partial charge in [0.25, 0.3) is 0 Å². The van der Waals surface area contributed by atoms with Crippen molar-refractivity contribution in [2.24, 2.45) is 0 Å². The van der Waals surface area contributed by atoms with Crippen LogP contribution in [0.15, 0.2) is 22.7 Å². The largest absolute Gasteiger partial charge is 0.307 e. The fourth-order valence-electron chi connectivity index (χ4n) is 1.86. The molecule has 2 rings (SSSR count). The zero-order valence-corrected chi connectivity index (χ0v) is 11.2. The minimum Gasteiger partial charge on any atom is -0.307 e. The van der Waals surface area contributed by atoms with Gasteiger partial charge in [0.05, 0.1) is 0 Å². The molecule has 0 heterocycles. The monoisotopic (exact) mass is 287 g/mol. The van der Waals surface area contributed by atoms with Gasteiger partial charge >= 0.3 is 0 Å². The van der Waals surface area contributed by atoms with Gasteiger partial charge in [0, 0.05) is 21.6 Å². The summed E-state index contributed by atoms with van der Waals surface area (Å²) in [7, 11) is 0. The number of benzene rings is 1. The van der Waals surface area contributed by atoms with Crippen molar-refractivity contribution < 1.29 is 0 Å². The first-order valence-corrected chi connectivity index (χ1v) is 6.45. The van der Waals surface area contributed by atoms with Gasteiger partial charge in [0.1, 0.15) is 0 Å². The Kier molecular flexibility index (Phi) is 3.39. The smallest absolute Gasteiger partial charge is 0.0462 e. The van der Waals surface area contributed by atoms with Crippen molar-refractivity contribution in [3.05, 3.63) is 33.3 Å². The Morgan fingerprint density at radius 1 is 1.47 bits per heavy atom. The molecule has 0 spiro atoms. The topological polar surface area (TPSA) is 12.0 Å². The molecule has 0 aromatic heterocycles. The molecule has 1 N–H and O–H groups in total. The number of rotatable bonds is 3. The van der Waals surface area contributed by atoms with Crippen molar-refractivity contribution in [3.8, 4) is 0 Å². The Labute approximate surface area is 104 Å². The summed E-state index contributed by atoms with van der Waals surface area (Å²) in [6, 6.07) is 6.05. The summed E-state index contributed by atoms with van der Waals surface area (Å²) in [5, 5.41) is 4.41. The highest BCUT2D eigenvalue weighted by atomic mass is 79.9. The van der Waals surface area contributed by atoms with E-state index in [1.54, 1.807) is 0 Å². The van der Waals surface area contributed by atoms with Crippen molar-refractivity contribution in [3.63, 3.8) is 0 Å². The molecular formula is C12H15BrClN. The second-order valence-corrected chi connectivity index (χ2v) is 5.83. The predicted octanol–water partition coefficient (Wildman–Crippen LogP) is 4.13. The molecule has 1 aliphatic rings. The van der Waals surface area contributed by atoms with Gasteiger partial charge in [0.2, 0.25) is 0 Å². The Balaban J connectivity index is 1.98. The summed E-state index contributed by atoms with van der Waals surface area (Å²) in [5.41, 5.74) is 1.52. The average molecular weight is 289 g/mol. The van der Waals surface area contributed by atoms with Gasteiger partial charge in [-0.15, -0.1) is 0 Å². The lowest BCUT2D eigenvalue weighted by Crippen LogP contribution is -2.47. The number of nitrogens with one attached hydrogen (secondary N) is 1. The molecule has 1 saturated carbocycles.